The summed E-state index contributed by atoms with van der Waals surface area (Å²) in [5, 5.41) is 3.45. The lowest BCUT2D eigenvalue weighted by Crippen LogP contribution is -2.29. The molecule has 0 unspecified atom stereocenters. The van der Waals surface area contributed by atoms with Gasteiger partial charge in [-0.3, -0.25) is 0 Å². The van der Waals surface area contributed by atoms with Gasteiger partial charge in [0, 0.05) is 0 Å². The Balaban J connectivity index is 1.56. The number of hydrogen-bond acceptors (Lipinski definition) is 2. The number of benzene rings is 1. The Morgan fingerprint density at radius 2 is 1.65 bits per heavy atom. The minimum Gasteiger partial charge on any atom is -0.317 e. The first-order chi connectivity index (χ1) is 9.81. The Kier molecular flexibility index (Phi) is 4.74. The molecule has 0 aromatic heterocycles. The molecule has 2 nitrogen and oxygen atoms in total. The van der Waals surface area contributed by atoms with Crippen molar-refractivity contribution in [2.75, 3.05) is 33.2 Å². The highest BCUT2D eigenvalue weighted by molar-refractivity contribution is 5.26. The van der Waals surface area contributed by atoms with Crippen molar-refractivity contribution in [1.29, 1.82) is 0 Å². The molecule has 110 valence electrons. The van der Waals surface area contributed by atoms with E-state index in [1.807, 2.05) is 0 Å². The zero-order valence-corrected chi connectivity index (χ0v) is 12.8. The molecule has 20 heavy (non-hydrogen) atoms. The van der Waals surface area contributed by atoms with Crippen molar-refractivity contribution in [1.82, 2.24) is 10.2 Å². The van der Waals surface area contributed by atoms with Gasteiger partial charge in [0.25, 0.3) is 0 Å². The van der Waals surface area contributed by atoms with E-state index >= 15 is 0 Å². The zero-order chi connectivity index (χ0) is 13.8. The fourth-order valence-corrected chi connectivity index (χ4v) is 3.69. The molecular formula is C18H28N2. The first-order valence-electron chi connectivity index (χ1n) is 8.29. The number of likely N-dealkylation sites (tertiary alicyclic amines) is 1. The topological polar surface area (TPSA) is 15.3 Å². The van der Waals surface area contributed by atoms with Crippen LogP contribution >= 0.6 is 0 Å². The van der Waals surface area contributed by atoms with Crippen LogP contribution in [-0.2, 0) is 6.42 Å². The lowest BCUT2D eigenvalue weighted by atomic mass is 9.87. The Morgan fingerprint density at radius 1 is 1.00 bits per heavy atom. The fourth-order valence-electron chi connectivity index (χ4n) is 3.69. The second-order valence-corrected chi connectivity index (χ2v) is 6.72. The molecule has 1 N–H and O–H groups in total. The Bertz CT molecular complexity index is 398. The molecule has 0 amide bonds. The third-order valence-corrected chi connectivity index (χ3v) is 5.15. The van der Waals surface area contributed by atoms with E-state index < -0.39 is 0 Å². The second-order valence-electron chi connectivity index (χ2n) is 6.72. The summed E-state index contributed by atoms with van der Waals surface area (Å²) in [5.41, 5.74) is 3.10. The van der Waals surface area contributed by atoms with E-state index in [2.05, 4.69) is 41.5 Å². The van der Waals surface area contributed by atoms with Crippen molar-refractivity contribution in [3.63, 3.8) is 0 Å². The van der Waals surface area contributed by atoms with Gasteiger partial charge < -0.3 is 10.2 Å². The van der Waals surface area contributed by atoms with Crippen LogP contribution in [0, 0.1) is 5.92 Å². The standard InChI is InChI=1S/C18H28N2/c1-20-12-8-18(9-13-20)17-4-2-15(3-5-17)14-16-6-10-19-11-7-16/h2-5,16,18-19H,6-14H2,1H3. The van der Waals surface area contributed by atoms with Crippen LogP contribution < -0.4 is 5.32 Å². The SMILES string of the molecule is CN1CCC(c2ccc(CC3CCNCC3)cc2)CC1. The molecule has 0 atom stereocenters. The van der Waals surface area contributed by atoms with Crippen LogP contribution in [0.2, 0.25) is 0 Å². The molecular weight excluding hydrogens is 244 g/mol. The van der Waals surface area contributed by atoms with E-state index in [-0.39, 0.29) is 0 Å². The summed E-state index contributed by atoms with van der Waals surface area (Å²) in [6.07, 6.45) is 6.61. The summed E-state index contributed by atoms with van der Waals surface area (Å²) in [4.78, 5) is 2.45. The Morgan fingerprint density at radius 3 is 2.30 bits per heavy atom. The zero-order valence-electron chi connectivity index (χ0n) is 12.8. The van der Waals surface area contributed by atoms with Gasteiger partial charge in [-0.25, -0.2) is 0 Å². The highest BCUT2D eigenvalue weighted by Gasteiger charge is 2.18. The molecule has 1 aromatic carbocycles. The highest BCUT2D eigenvalue weighted by Crippen LogP contribution is 2.28. The quantitative estimate of drug-likeness (QED) is 0.910. The molecule has 2 fully saturated rings. The van der Waals surface area contributed by atoms with Gasteiger partial charge in [-0.1, -0.05) is 24.3 Å². The van der Waals surface area contributed by atoms with Gasteiger partial charge in [-0.2, -0.15) is 0 Å². The third-order valence-electron chi connectivity index (χ3n) is 5.15. The predicted molar refractivity (Wildman–Crippen MR) is 85.2 cm³/mol. The molecule has 3 rings (SSSR count). The van der Waals surface area contributed by atoms with E-state index in [4.69, 9.17) is 0 Å². The molecule has 0 spiro atoms. The molecule has 0 saturated carbocycles. The number of nitrogens with one attached hydrogen (secondary N) is 1. The van der Waals surface area contributed by atoms with Gasteiger partial charge in [0.15, 0.2) is 0 Å². The van der Waals surface area contributed by atoms with Crippen LogP contribution in [0.15, 0.2) is 24.3 Å². The van der Waals surface area contributed by atoms with Gasteiger partial charge in [-0.15, -0.1) is 0 Å². The van der Waals surface area contributed by atoms with Crippen molar-refractivity contribution in [2.24, 2.45) is 5.92 Å². The summed E-state index contributed by atoms with van der Waals surface area (Å²) in [6.45, 7) is 4.92. The van der Waals surface area contributed by atoms with Crippen LogP contribution in [-0.4, -0.2) is 38.1 Å². The number of piperidine rings is 2. The molecule has 0 radical (unpaired) electrons. The van der Waals surface area contributed by atoms with Crippen LogP contribution in [0.4, 0.5) is 0 Å². The molecule has 1 aromatic rings. The Labute approximate surface area is 123 Å². The summed E-state index contributed by atoms with van der Waals surface area (Å²) in [7, 11) is 2.23. The Hall–Kier alpha value is -0.860. The summed E-state index contributed by atoms with van der Waals surface area (Å²) in [6, 6.07) is 9.56. The van der Waals surface area contributed by atoms with Gasteiger partial charge >= 0.3 is 0 Å². The number of nitrogens with zero attached hydrogens (tertiary/aromatic N) is 1. The van der Waals surface area contributed by atoms with Gasteiger partial charge in [0.2, 0.25) is 0 Å². The van der Waals surface area contributed by atoms with Crippen molar-refractivity contribution < 1.29 is 0 Å². The van der Waals surface area contributed by atoms with E-state index in [0.29, 0.717) is 0 Å². The molecule has 2 heteroatoms. The summed E-state index contributed by atoms with van der Waals surface area (Å²) in [5.74, 6) is 1.68. The lowest BCUT2D eigenvalue weighted by molar-refractivity contribution is 0.255. The van der Waals surface area contributed by atoms with Crippen molar-refractivity contribution in [3.8, 4) is 0 Å². The van der Waals surface area contributed by atoms with Crippen molar-refractivity contribution >= 4 is 0 Å². The molecule has 0 aliphatic carbocycles. The van der Waals surface area contributed by atoms with E-state index in [9.17, 15) is 0 Å². The van der Waals surface area contributed by atoms with E-state index in [1.165, 1.54) is 63.8 Å². The van der Waals surface area contributed by atoms with Crippen LogP contribution in [0.25, 0.3) is 0 Å². The first-order valence-corrected chi connectivity index (χ1v) is 8.29. The summed E-state index contributed by atoms with van der Waals surface area (Å²) < 4.78 is 0. The summed E-state index contributed by atoms with van der Waals surface area (Å²) >= 11 is 0. The molecule has 2 aliphatic heterocycles. The average Bonchev–Trinajstić information content (AvgIpc) is 2.50. The second kappa shape index (κ2) is 6.73. The monoisotopic (exact) mass is 272 g/mol. The highest BCUT2D eigenvalue weighted by atomic mass is 15.1. The van der Waals surface area contributed by atoms with Crippen molar-refractivity contribution in [2.45, 2.75) is 38.0 Å². The molecule has 2 saturated heterocycles. The maximum Gasteiger partial charge on any atom is -0.00159 e. The predicted octanol–water partition coefficient (Wildman–Crippen LogP) is 3.04. The molecule has 2 aliphatic rings. The normalized spacial score (nSPS) is 23.1. The first kappa shape index (κ1) is 14.1. The average molecular weight is 272 g/mol. The fraction of sp³-hybridized carbons (Fsp3) is 0.667. The van der Waals surface area contributed by atoms with Crippen LogP contribution in [0.1, 0.15) is 42.7 Å². The molecule has 0 bridgehead atoms. The molecule has 2 heterocycles. The maximum absolute atomic E-state index is 3.45. The van der Waals surface area contributed by atoms with E-state index in [1.54, 1.807) is 5.56 Å². The minimum atomic E-state index is 0.791. The number of hydrogen-bond donors (Lipinski definition) is 1. The largest absolute Gasteiger partial charge is 0.317 e. The minimum absolute atomic E-state index is 0.791. The lowest BCUT2D eigenvalue weighted by Gasteiger charge is -2.29. The van der Waals surface area contributed by atoms with Gasteiger partial charge in [-0.05, 0) is 88.3 Å². The maximum atomic E-state index is 3.45. The van der Waals surface area contributed by atoms with Crippen LogP contribution in [0.5, 0.6) is 0 Å². The van der Waals surface area contributed by atoms with Gasteiger partial charge in [0.05, 0.1) is 0 Å². The van der Waals surface area contributed by atoms with Gasteiger partial charge in [0.1, 0.15) is 0 Å². The number of rotatable bonds is 3. The van der Waals surface area contributed by atoms with Crippen LogP contribution in [0.3, 0.4) is 0 Å². The third kappa shape index (κ3) is 3.62. The van der Waals surface area contributed by atoms with Crippen molar-refractivity contribution in [3.05, 3.63) is 35.4 Å². The van der Waals surface area contributed by atoms with E-state index in [0.717, 1.165) is 11.8 Å². The smallest absolute Gasteiger partial charge is 0.00159 e.